The summed E-state index contributed by atoms with van der Waals surface area (Å²) in [6.45, 7) is 3.35. The highest BCUT2D eigenvalue weighted by atomic mass is 31.1. The van der Waals surface area contributed by atoms with Gasteiger partial charge in [0, 0.05) is 0 Å². The zero-order valence-electron chi connectivity index (χ0n) is 10.6. The molecule has 18 heavy (non-hydrogen) atoms. The summed E-state index contributed by atoms with van der Waals surface area (Å²) in [6, 6.07) is 7.54. The van der Waals surface area contributed by atoms with E-state index in [2.05, 4.69) is 17.8 Å². The van der Waals surface area contributed by atoms with Crippen LogP contribution in [-0.2, 0) is 6.42 Å². The van der Waals surface area contributed by atoms with Crippen LogP contribution in [0.5, 0.6) is 5.75 Å². The van der Waals surface area contributed by atoms with Crippen LogP contribution in [-0.4, -0.2) is 31.5 Å². The van der Waals surface area contributed by atoms with Crippen LogP contribution in [0, 0.1) is 11.3 Å². The molecule has 1 rings (SSSR count). The van der Waals surface area contributed by atoms with Gasteiger partial charge in [0.1, 0.15) is 12.4 Å². The van der Waals surface area contributed by atoms with Gasteiger partial charge in [0.15, 0.2) is 0 Å². The molecule has 0 saturated heterocycles. The lowest BCUT2D eigenvalue weighted by Gasteiger charge is -2.11. The number of aliphatic hydroxyl groups is 1. The van der Waals surface area contributed by atoms with Gasteiger partial charge in [0.25, 0.3) is 0 Å². The topological polar surface area (TPSA) is 65.3 Å². The molecule has 4 nitrogen and oxygen atoms in total. The summed E-state index contributed by atoms with van der Waals surface area (Å²) in [6.07, 6.45) is 1.87. The quantitative estimate of drug-likeness (QED) is 0.555. The number of ether oxygens (including phenoxy) is 1. The molecule has 0 amide bonds. The van der Waals surface area contributed by atoms with Crippen LogP contribution >= 0.6 is 8.73 Å². The van der Waals surface area contributed by atoms with Gasteiger partial charge in [-0.1, -0.05) is 8.73 Å². The Bertz CT molecular complexity index is 404. The summed E-state index contributed by atoms with van der Waals surface area (Å²) in [5.74, 6) is 0.766. The van der Waals surface area contributed by atoms with E-state index in [1.165, 1.54) is 0 Å². The molecule has 5 heteroatoms. The second-order valence-corrected chi connectivity index (χ2v) is 4.64. The summed E-state index contributed by atoms with van der Waals surface area (Å²) in [5, 5.41) is 21.0. The van der Waals surface area contributed by atoms with E-state index in [1.807, 2.05) is 6.07 Å². The van der Waals surface area contributed by atoms with Crippen molar-refractivity contribution in [3.8, 4) is 11.8 Å². The molecule has 0 spiro atoms. The SMILES string of the molecule is CPNCCCc1cc(C#N)ccc1OCCO. The maximum atomic E-state index is 8.90. The average Bonchev–Trinajstić information content (AvgIpc) is 2.42. The fourth-order valence-electron chi connectivity index (χ4n) is 1.63. The summed E-state index contributed by atoms with van der Waals surface area (Å²) in [5.41, 5.74) is 1.68. The summed E-state index contributed by atoms with van der Waals surface area (Å²) in [7, 11) is 0.754. The molecule has 0 aliphatic carbocycles. The number of aryl methyl sites for hydroxylation is 1. The zero-order valence-corrected chi connectivity index (χ0v) is 11.6. The number of rotatable bonds is 8. The molecule has 1 aromatic rings. The highest BCUT2D eigenvalue weighted by Crippen LogP contribution is 2.21. The minimum atomic E-state index is -0.00203. The molecule has 98 valence electrons. The fourth-order valence-corrected chi connectivity index (χ4v) is 2.06. The fraction of sp³-hybridized carbons (Fsp3) is 0.462. The second kappa shape index (κ2) is 8.88. The van der Waals surface area contributed by atoms with Crippen molar-refractivity contribution in [2.24, 2.45) is 0 Å². The standard InChI is InChI=1S/C13H19N2O2P/c1-18-15-6-2-3-12-9-11(10-14)4-5-13(12)17-8-7-16/h4-5,9,15-16,18H,2-3,6-8H2,1H3. The maximum Gasteiger partial charge on any atom is 0.122 e. The first kappa shape index (κ1) is 14.9. The van der Waals surface area contributed by atoms with Crippen LogP contribution in [0.2, 0.25) is 0 Å². The van der Waals surface area contributed by atoms with E-state index in [4.69, 9.17) is 15.1 Å². The minimum absolute atomic E-state index is 0.00203. The number of nitrogens with one attached hydrogen (secondary N) is 1. The van der Waals surface area contributed by atoms with Crippen LogP contribution in [0.15, 0.2) is 18.2 Å². The van der Waals surface area contributed by atoms with Crippen LogP contribution in [0.25, 0.3) is 0 Å². The van der Waals surface area contributed by atoms with Crippen molar-refractivity contribution in [1.29, 1.82) is 5.26 Å². The van der Waals surface area contributed by atoms with Crippen molar-refractivity contribution in [2.45, 2.75) is 12.8 Å². The molecule has 0 saturated carbocycles. The van der Waals surface area contributed by atoms with Crippen molar-refractivity contribution >= 4 is 8.73 Å². The molecule has 0 heterocycles. The van der Waals surface area contributed by atoms with Gasteiger partial charge < -0.3 is 9.84 Å². The summed E-state index contributed by atoms with van der Waals surface area (Å²) >= 11 is 0. The molecular formula is C13H19N2O2P. The lowest BCUT2D eigenvalue weighted by molar-refractivity contribution is 0.200. The molecule has 0 aromatic heterocycles. The molecule has 2 N–H and O–H groups in total. The Morgan fingerprint density at radius 3 is 3.00 bits per heavy atom. The van der Waals surface area contributed by atoms with Gasteiger partial charge in [0.2, 0.25) is 0 Å². The Hall–Kier alpha value is -1.14. The lowest BCUT2D eigenvalue weighted by Crippen LogP contribution is -2.07. The van der Waals surface area contributed by atoms with Gasteiger partial charge in [-0.3, -0.25) is 5.09 Å². The largest absolute Gasteiger partial charge is 0.491 e. The first-order valence-corrected chi connectivity index (χ1v) is 7.48. The third kappa shape index (κ3) is 5.01. The van der Waals surface area contributed by atoms with Crippen molar-refractivity contribution in [1.82, 2.24) is 5.09 Å². The van der Waals surface area contributed by atoms with E-state index >= 15 is 0 Å². The normalized spacial score (nSPS) is 10.7. The predicted molar refractivity (Wildman–Crippen MR) is 74.3 cm³/mol. The van der Waals surface area contributed by atoms with Crippen molar-refractivity contribution in [3.05, 3.63) is 29.3 Å². The van der Waals surface area contributed by atoms with Crippen LogP contribution in [0.3, 0.4) is 0 Å². The molecule has 1 unspecified atom stereocenters. The zero-order chi connectivity index (χ0) is 13.2. The first-order chi connectivity index (χ1) is 8.81. The highest BCUT2D eigenvalue weighted by Gasteiger charge is 2.05. The molecule has 0 fully saturated rings. The Morgan fingerprint density at radius 1 is 1.50 bits per heavy atom. The van der Waals surface area contributed by atoms with E-state index in [1.54, 1.807) is 12.1 Å². The van der Waals surface area contributed by atoms with Crippen LogP contribution in [0.1, 0.15) is 17.5 Å². The molecular weight excluding hydrogens is 247 g/mol. The van der Waals surface area contributed by atoms with E-state index in [0.717, 1.165) is 39.4 Å². The summed E-state index contributed by atoms with van der Waals surface area (Å²) < 4.78 is 5.46. The molecule has 0 bridgehead atoms. The predicted octanol–water partition coefficient (Wildman–Crippen LogP) is 1.67. The van der Waals surface area contributed by atoms with Gasteiger partial charge in [-0.2, -0.15) is 5.26 Å². The van der Waals surface area contributed by atoms with Gasteiger partial charge in [-0.15, -0.1) is 0 Å². The maximum absolute atomic E-state index is 8.90. The Labute approximate surface area is 110 Å². The van der Waals surface area contributed by atoms with Gasteiger partial charge in [-0.05, 0) is 49.8 Å². The number of hydrogen-bond acceptors (Lipinski definition) is 4. The molecule has 1 atom stereocenters. The van der Waals surface area contributed by atoms with Gasteiger partial charge in [0.05, 0.1) is 18.2 Å². The van der Waals surface area contributed by atoms with E-state index in [9.17, 15) is 0 Å². The Morgan fingerprint density at radius 2 is 2.33 bits per heavy atom. The van der Waals surface area contributed by atoms with E-state index < -0.39 is 0 Å². The summed E-state index contributed by atoms with van der Waals surface area (Å²) in [4.78, 5) is 0. The number of benzene rings is 1. The smallest absolute Gasteiger partial charge is 0.122 e. The number of nitrogens with zero attached hydrogens (tertiary/aromatic N) is 1. The second-order valence-electron chi connectivity index (χ2n) is 3.79. The monoisotopic (exact) mass is 266 g/mol. The molecule has 0 aliphatic heterocycles. The van der Waals surface area contributed by atoms with Gasteiger partial charge >= 0.3 is 0 Å². The average molecular weight is 266 g/mol. The number of hydrogen-bond donors (Lipinski definition) is 2. The highest BCUT2D eigenvalue weighted by molar-refractivity contribution is 7.34. The van der Waals surface area contributed by atoms with E-state index in [-0.39, 0.29) is 13.2 Å². The number of nitriles is 1. The van der Waals surface area contributed by atoms with Crippen molar-refractivity contribution < 1.29 is 9.84 Å². The molecule has 0 radical (unpaired) electrons. The van der Waals surface area contributed by atoms with Gasteiger partial charge in [-0.25, -0.2) is 0 Å². The van der Waals surface area contributed by atoms with Crippen LogP contribution < -0.4 is 9.82 Å². The van der Waals surface area contributed by atoms with Crippen LogP contribution in [0.4, 0.5) is 0 Å². The molecule has 1 aromatic carbocycles. The minimum Gasteiger partial charge on any atom is -0.491 e. The van der Waals surface area contributed by atoms with Crippen molar-refractivity contribution in [3.63, 3.8) is 0 Å². The number of aliphatic hydroxyl groups excluding tert-OH is 1. The van der Waals surface area contributed by atoms with Crippen molar-refractivity contribution in [2.75, 3.05) is 26.4 Å². The third-order valence-electron chi connectivity index (χ3n) is 2.46. The lowest BCUT2D eigenvalue weighted by atomic mass is 10.1. The Kier molecular flexibility index (Phi) is 7.36. The molecule has 0 aliphatic rings. The first-order valence-electron chi connectivity index (χ1n) is 5.98. The third-order valence-corrected chi connectivity index (χ3v) is 3.07. The Balaban J connectivity index is 2.67. The van der Waals surface area contributed by atoms with E-state index in [0.29, 0.717) is 5.56 Å².